The summed E-state index contributed by atoms with van der Waals surface area (Å²) in [6, 6.07) is 4.06. The highest BCUT2D eigenvalue weighted by molar-refractivity contribution is 6.28. The van der Waals surface area contributed by atoms with Gasteiger partial charge in [0.2, 0.25) is 5.28 Å². The normalized spacial score (nSPS) is 10.4. The Labute approximate surface area is 96.6 Å². The summed E-state index contributed by atoms with van der Waals surface area (Å²) in [6.07, 6.45) is 1.56. The molecule has 0 fully saturated rings. The summed E-state index contributed by atoms with van der Waals surface area (Å²) in [5, 5.41) is 9.19. The quantitative estimate of drug-likeness (QED) is 0.777. The molecule has 0 radical (unpaired) electrons. The highest BCUT2D eigenvalue weighted by Crippen LogP contribution is 2.26. The minimum Gasteiger partial charge on any atom is -0.505 e. The van der Waals surface area contributed by atoms with Gasteiger partial charge in [-0.1, -0.05) is 0 Å². The van der Waals surface area contributed by atoms with Gasteiger partial charge in [0.15, 0.2) is 11.6 Å². The van der Waals surface area contributed by atoms with Gasteiger partial charge in [-0.25, -0.2) is 14.4 Å². The van der Waals surface area contributed by atoms with E-state index in [0.29, 0.717) is 11.3 Å². The first kappa shape index (κ1) is 10.8. The topological polar surface area (TPSA) is 46.0 Å². The maximum absolute atomic E-state index is 13.2. The van der Waals surface area contributed by atoms with Crippen molar-refractivity contribution in [1.82, 2.24) is 9.97 Å². The van der Waals surface area contributed by atoms with Crippen LogP contribution < -0.4 is 0 Å². The summed E-state index contributed by atoms with van der Waals surface area (Å²) in [5.74, 6) is -1.08. The lowest BCUT2D eigenvalue weighted by Crippen LogP contribution is -1.92. The lowest BCUT2D eigenvalue weighted by molar-refractivity contribution is 0.432. The lowest BCUT2D eigenvalue weighted by Gasteiger charge is -2.05. The second-order valence-electron chi connectivity index (χ2n) is 3.34. The summed E-state index contributed by atoms with van der Waals surface area (Å²) in [5.41, 5.74) is 1.89. The molecule has 0 saturated heterocycles. The van der Waals surface area contributed by atoms with Gasteiger partial charge in [-0.3, -0.25) is 0 Å². The molecule has 0 unspecified atom stereocenters. The molecule has 2 rings (SSSR count). The van der Waals surface area contributed by atoms with E-state index in [1.54, 1.807) is 19.2 Å². The van der Waals surface area contributed by atoms with E-state index in [4.69, 9.17) is 16.7 Å². The molecule has 0 spiro atoms. The van der Waals surface area contributed by atoms with Crippen molar-refractivity contribution in [2.75, 3.05) is 0 Å². The molecular formula is C11H8ClFN2O. The molecule has 0 atom stereocenters. The van der Waals surface area contributed by atoms with Gasteiger partial charge in [0, 0.05) is 11.8 Å². The molecule has 1 aromatic heterocycles. The van der Waals surface area contributed by atoms with Crippen LogP contribution in [0.15, 0.2) is 24.4 Å². The molecule has 0 saturated carbocycles. The van der Waals surface area contributed by atoms with E-state index >= 15 is 0 Å². The molecule has 0 bridgehead atoms. The maximum Gasteiger partial charge on any atom is 0.222 e. The smallest absolute Gasteiger partial charge is 0.222 e. The second-order valence-corrected chi connectivity index (χ2v) is 3.67. The average molecular weight is 239 g/mol. The maximum atomic E-state index is 13.2. The number of phenols is 1. The van der Waals surface area contributed by atoms with E-state index in [9.17, 15) is 4.39 Å². The van der Waals surface area contributed by atoms with Gasteiger partial charge in [-0.05, 0) is 42.3 Å². The van der Waals surface area contributed by atoms with Crippen molar-refractivity contribution in [3.05, 3.63) is 41.1 Å². The Morgan fingerprint density at radius 3 is 2.81 bits per heavy atom. The Balaban J connectivity index is 2.58. The molecule has 0 aliphatic rings. The lowest BCUT2D eigenvalue weighted by atomic mass is 10.1. The summed E-state index contributed by atoms with van der Waals surface area (Å²) in [6.45, 7) is 1.80. The molecule has 0 amide bonds. The van der Waals surface area contributed by atoms with E-state index in [2.05, 4.69) is 9.97 Å². The fourth-order valence-electron chi connectivity index (χ4n) is 1.37. The number of rotatable bonds is 1. The van der Waals surface area contributed by atoms with Crippen molar-refractivity contribution in [3.63, 3.8) is 0 Å². The van der Waals surface area contributed by atoms with Gasteiger partial charge in [-0.2, -0.15) is 0 Å². The van der Waals surface area contributed by atoms with Crippen molar-refractivity contribution in [1.29, 1.82) is 0 Å². The zero-order valence-electron chi connectivity index (χ0n) is 8.41. The zero-order valence-corrected chi connectivity index (χ0v) is 9.16. The summed E-state index contributed by atoms with van der Waals surface area (Å²) < 4.78 is 13.2. The van der Waals surface area contributed by atoms with Gasteiger partial charge in [-0.15, -0.1) is 0 Å². The van der Waals surface area contributed by atoms with Crippen LogP contribution >= 0.6 is 11.6 Å². The fraction of sp³-hybridized carbons (Fsp3) is 0.0909. The van der Waals surface area contributed by atoms with Crippen LogP contribution in [-0.4, -0.2) is 15.1 Å². The van der Waals surface area contributed by atoms with E-state index < -0.39 is 5.82 Å². The van der Waals surface area contributed by atoms with Crippen LogP contribution in [0.5, 0.6) is 5.75 Å². The number of aryl methyl sites for hydroxylation is 1. The molecule has 82 valence electrons. The number of hydrogen-bond donors (Lipinski definition) is 1. The number of phenolic OH excluding ortho intramolecular Hbond substituents is 1. The van der Waals surface area contributed by atoms with E-state index in [0.717, 1.165) is 5.56 Å². The molecule has 1 N–H and O–H groups in total. The molecule has 1 aromatic carbocycles. The molecule has 3 nitrogen and oxygen atoms in total. The third-order valence-electron chi connectivity index (χ3n) is 2.16. The Kier molecular flexibility index (Phi) is 2.75. The van der Waals surface area contributed by atoms with Crippen LogP contribution in [0.2, 0.25) is 5.28 Å². The Morgan fingerprint density at radius 2 is 2.12 bits per heavy atom. The number of benzene rings is 1. The van der Waals surface area contributed by atoms with Crippen molar-refractivity contribution < 1.29 is 9.50 Å². The third-order valence-corrected chi connectivity index (χ3v) is 2.35. The molecular weight excluding hydrogens is 231 g/mol. The van der Waals surface area contributed by atoms with Crippen LogP contribution in [0.3, 0.4) is 0 Å². The van der Waals surface area contributed by atoms with Gasteiger partial charge in [0.05, 0.1) is 5.69 Å². The Hall–Kier alpha value is -1.68. The summed E-state index contributed by atoms with van der Waals surface area (Å²) in [7, 11) is 0. The van der Waals surface area contributed by atoms with E-state index in [1.165, 1.54) is 12.1 Å². The molecule has 0 aliphatic carbocycles. The number of hydrogen-bond acceptors (Lipinski definition) is 3. The van der Waals surface area contributed by atoms with Crippen LogP contribution in [0, 0.1) is 12.7 Å². The summed E-state index contributed by atoms with van der Waals surface area (Å²) in [4.78, 5) is 7.84. The van der Waals surface area contributed by atoms with Gasteiger partial charge < -0.3 is 5.11 Å². The Bertz CT molecular complexity index is 546. The van der Waals surface area contributed by atoms with Gasteiger partial charge in [0.1, 0.15) is 0 Å². The monoisotopic (exact) mass is 238 g/mol. The molecule has 5 heteroatoms. The van der Waals surface area contributed by atoms with Crippen molar-refractivity contribution >= 4 is 11.6 Å². The van der Waals surface area contributed by atoms with Gasteiger partial charge in [0.25, 0.3) is 0 Å². The van der Waals surface area contributed by atoms with Crippen molar-refractivity contribution in [3.8, 4) is 17.0 Å². The molecule has 0 aliphatic heterocycles. The van der Waals surface area contributed by atoms with Crippen LogP contribution in [-0.2, 0) is 0 Å². The minimum atomic E-state index is -0.688. The number of aromatic nitrogens is 2. The largest absolute Gasteiger partial charge is 0.505 e. The van der Waals surface area contributed by atoms with Crippen LogP contribution in [0.1, 0.15) is 5.56 Å². The highest BCUT2D eigenvalue weighted by Gasteiger charge is 2.08. The Morgan fingerprint density at radius 1 is 1.38 bits per heavy atom. The summed E-state index contributed by atoms with van der Waals surface area (Å²) >= 11 is 5.67. The standard InChI is InChI=1S/C11H8ClFN2O/c1-6-5-14-11(12)15-10(6)7-2-3-9(16)8(13)4-7/h2-5,16H,1H3. The van der Waals surface area contributed by atoms with Crippen LogP contribution in [0.4, 0.5) is 4.39 Å². The first-order valence-corrected chi connectivity index (χ1v) is 4.94. The third kappa shape index (κ3) is 1.97. The van der Waals surface area contributed by atoms with Crippen LogP contribution in [0.25, 0.3) is 11.3 Å². The fourth-order valence-corrected chi connectivity index (χ4v) is 1.50. The number of nitrogens with zero attached hydrogens (tertiary/aromatic N) is 2. The SMILES string of the molecule is Cc1cnc(Cl)nc1-c1ccc(O)c(F)c1. The molecule has 16 heavy (non-hydrogen) atoms. The van der Waals surface area contributed by atoms with E-state index in [-0.39, 0.29) is 11.0 Å². The van der Waals surface area contributed by atoms with Gasteiger partial charge >= 0.3 is 0 Å². The zero-order chi connectivity index (χ0) is 11.7. The molecule has 1 heterocycles. The van der Waals surface area contributed by atoms with E-state index in [1.807, 2.05) is 0 Å². The first-order valence-electron chi connectivity index (χ1n) is 4.56. The number of aromatic hydroxyl groups is 1. The number of halogens is 2. The predicted octanol–water partition coefficient (Wildman–Crippen LogP) is 2.95. The van der Waals surface area contributed by atoms with Crippen molar-refractivity contribution in [2.24, 2.45) is 0 Å². The highest BCUT2D eigenvalue weighted by atomic mass is 35.5. The molecule has 2 aromatic rings. The average Bonchev–Trinajstić information content (AvgIpc) is 2.26. The first-order chi connectivity index (χ1) is 7.58. The second kappa shape index (κ2) is 4.06. The minimum absolute atomic E-state index is 0.106. The predicted molar refractivity (Wildman–Crippen MR) is 58.8 cm³/mol. The van der Waals surface area contributed by atoms with Crippen molar-refractivity contribution in [2.45, 2.75) is 6.92 Å².